The van der Waals surface area contributed by atoms with Crippen LogP contribution in [0.1, 0.15) is 11.1 Å². The predicted molar refractivity (Wildman–Crippen MR) is 98.1 cm³/mol. The van der Waals surface area contributed by atoms with Crippen LogP contribution in [0.3, 0.4) is 0 Å². The Morgan fingerprint density at radius 1 is 1.08 bits per heavy atom. The van der Waals surface area contributed by atoms with E-state index in [0.29, 0.717) is 13.2 Å². The topological polar surface area (TPSA) is 41.6 Å². The second-order valence-corrected chi connectivity index (χ2v) is 7.15. The number of hydrogen-bond acceptors (Lipinski definition) is 3. The molecule has 25 heavy (non-hydrogen) atoms. The van der Waals surface area contributed by atoms with Gasteiger partial charge in [-0.1, -0.05) is 48.5 Å². The van der Waals surface area contributed by atoms with Gasteiger partial charge in [-0.05, 0) is 29.2 Å². The second kappa shape index (κ2) is 6.98. The Bertz CT molecular complexity index is 757. The van der Waals surface area contributed by atoms with Gasteiger partial charge in [0.25, 0.3) is 0 Å². The first-order valence-corrected chi connectivity index (χ1v) is 8.94. The van der Waals surface area contributed by atoms with Gasteiger partial charge in [-0.15, -0.1) is 0 Å². The molecule has 2 aromatic rings. The van der Waals surface area contributed by atoms with Gasteiger partial charge in [0.15, 0.2) is 0 Å². The van der Waals surface area contributed by atoms with Crippen molar-refractivity contribution in [2.24, 2.45) is 5.92 Å². The predicted octanol–water partition coefficient (Wildman–Crippen LogP) is 2.61. The van der Waals surface area contributed by atoms with Gasteiger partial charge in [0.2, 0.25) is 5.91 Å². The second-order valence-electron chi connectivity index (χ2n) is 7.15. The number of rotatable bonds is 3. The minimum atomic E-state index is -0.0567. The van der Waals surface area contributed by atoms with Crippen molar-refractivity contribution < 1.29 is 9.53 Å². The van der Waals surface area contributed by atoms with Crippen molar-refractivity contribution in [3.8, 4) is 11.1 Å². The zero-order valence-corrected chi connectivity index (χ0v) is 14.6. The molecule has 2 aliphatic rings. The fraction of sp³-hybridized carbons (Fsp3) is 0.381. The fourth-order valence-electron chi connectivity index (χ4n) is 3.79. The molecule has 4 rings (SSSR count). The highest BCUT2D eigenvalue weighted by Gasteiger charge is 2.33. The zero-order valence-electron chi connectivity index (χ0n) is 14.6. The summed E-state index contributed by atoms with van der Waals surface area (Å²) in [5.41, 5.74) is 5.11. The minimum Gasteiger partial charge on any atom is -0.378 e. The summed E-state index contributed by atoms with van der Waals surface area (Å²) in [5.74, 6) is 0.0821. The summed E-state index contributed by atoms with van der Waals surface area (Å²) in [6.45, 7) is 5.78. The average Bonchev–Trinajstić information content (AvgIpc) is 2.85. The first-order chi connectivity index (χ1) is 12.2. The van der Waals surface area contributed by atoms with Gasteiger partial charge in [-0.2, -0.15) is 0 Å². The Morgan fingerprint density at radius 3 is 2.68 bits per heavy atom. The van der Waals surface area contributed by atoms with Crippen molar-refractivity contribution in [1.29, 1.82) is 0 Å². The van der Waals surface area contributed by atoms with E-state index in [-0.39, 0.29) is 17.9 Å². The van der Waals surface area contributed by atoms with Crippen molar-refractivity contribution >= 4 is 5.91 Å². The molecule has 2 fully saturated rings. The van der Waals surface area contributed by atoms with Crippen molar-refractivity contribution in [3.63, 3.8) is 0 Å². The smallest absolute Gasteiger partial charge is 0.227 e. The van der Waals surface area contributed by atoms with E-state index in [1.165, 1.54) is 22.3 Å². The molecule has 0 aliphatic carbocycles. The van der Waals surface area contributed by atoms with Crippen molar-refractivity contribution in [2.75, 3.05) is 26.3 Å². The molecular weight excluding hydrogens is 312 g/mol. The first-order valence-electron chi connectivity index (χ1n) is 8.94. The van der Waals surface area contributed by atoms with Gasteiger partial charge in [-0.3, -0.25) is 9.69 Å². The molecule has 4 heteroatoms. The van der Waals surface area contributed by atoms with Crippen LogP contribution < -0.4 is 5.32 Å². The molecule has 2 aromatic carbocycles. The number of carbonyl (C=O) groups excluding carboxylic acids is 1. The number of nitrogens with zero attached hydrogens (tertiary/aromatic N) is 1. The molecule has 1 N–H and O–H groups in total. The maximum atomic E-state index is 12.1. The quantitative estimate of drug-likeness (QED) is 0.937. The van der Waals surface area contributed by atoms with E-state index in [9.17, 15) is 4.79 Å². The molecule has 0 aromatic heterocycles. The van der Waals surface area contributed by atoms with Gasteiger partial charge in [0.1, 0.15) is 0 Å². The molecule has 2 heterocycles. The molecule has 2 bridgehead atoms. The summed E-state index contributed by atoms with van der Waals surface area (Å²) in [7, 11) is 0. The molecule has 2 aliphatic heterocycles. The molecule has 0 unspecified atom stereocenters. The highest BCUT2D eigenvalue weighted by molar-refractivity contribution is 5.80. The molecule has 0 spiro atoms. The molecule has 130 valence electrons. The normalized spacial score (nSPS) is 23.8. The Labute approximate surface area is 148 Å². The van der Waals surface area contributed by atoms with Crippen LogP contribution in [0.5, 0.6) is 0 Å². The maximum absolute atomic E-state index is 12.1. The van der Waals surface area contributed by atoms with Gasteiger partial charge in [0.05, 0.1) is 25.2 Å². The number of carbonyl (C=O) groups is 1. The minimum absolute atomic E-state index is 0.0567. The number of benzene rings is 2. The van der Waals surface area contributed by atoms with E-state index >= 15 is 0 Å². The van der Waals surface area contributed by atoms with Crippen LogP contribution in [-0.4, -0.2) is 43.2 Å². The van der Waals surface area contributed by atoms with E-state index in [1.54, 1.807) is 0 Å². The monoisotopic (exact) mass is 336 g/mol. The van der Waals surface area contributed by atoms with Crippen LogP contribution in [0.4, 0.5) is 0 Å². The van der Waals surface area contributed by atoms with Crippen LogP contribution in [0.25, 0.3) is 11.1 Å². The Kier molecular flexibility index (Phi) is 4.55. The number of ether oxygens (including phenoxy) is 1. The molecule has 1 amide bonds. The summed E-state index contributed by atoms with van der Waals surface area (Å²) in [6, 6.07) is 17.4. The fourth-order valence-corrected chi connectivity index (χ4v) is 3.79. The number of nitrogens with one attached hydrogen (secondary N) is 1. The molecular formula is C21H24N2O2. The highest BCUT2D eigenvalue weighted by atomic mass is 16.5. The van der Waals surface area contributed by atoms with Crippen molar-refractivity contribution in [1.82, 2.24) is 10.2 Å². The standard InChI is InChI=1S/C21H24N2O2/c1-15-4-2-3-5-20(15)17-8-6-16(7-9-17)10-23-11-18-13-25-14-19(12-23)22-21(18)24/h2-9,18-19H,10-14H2,1H3,(H,22,24)/t18-,19+/m1/s1. The van der Waals surface area contributed by atoms with E-state index in [1.807, 2.05) is 0 Å². The van der Waals surface area contributed by atoms with E-state index < -0.39 is 0 Å². The lowest BCUT2D eigenvalue weighted by atomic mass is 9.99. The average molecular weight is 336 g/mol. The Hall–Kier alpha value is -2.17. The third-order valence-electron chi connectivity index (χ3n) is 5.13. The van der Waals surface area contributed by atoms with Gasteiger partial charge >= 0.3 is 0 Å². The van der Waals surface area contributed by atoms with Gasteiger partial charge in [0, 0.05) is 19.6 Å². The lowest BCUT2D eigenvalue weighted by molar-refractivity contribution is -0.125. The largest absolute Gasteiger partial charge is 0.378 e. The molecule has 2 saturated heterocycles. The van der Waals surface area contributed by atoms with Crippen LogP contribution in [0.2, 0.25) is 0 Å². The van der Waals surface area contributed by atoms with Crippen LogP contribution >= 0.6 is 0 Å². The van der Waals surface area contributed by atoms with E-state index in [0.717, 1.165) is 19.6 Å². The van der Waals surface area contributed by atoms with Gasteiger partial charge < -0.3 is 10.1 Å². The van der Waals surface area contributed by atoms with Crippen molar-refractivity contribution in [2.45, 2.75) is 19.5 Å². The zero-order chi connectivity index (χ0) is 17.2. The summed E-state index contributed by atoms with van der Waals surface area (Å²) in [5, 5.41) is 3.09. The third kappa shape index (κ3) is 3.60. The van der Waals surface area contributed by atoms with Crippen LogP contribution in [0, 0.1) is 12.8 Å². The van der Waals surface area contributed by atoms with E-state index in [2.05, 4.69) is 65.7 Å². The molecule has 2 atom stereocenters. The molecule has 4 nitrogen and oxygen atoms in total. The third-order valence-corrected chi connectivity index (χ3v) is 5.13. The lowest BCUT2D eigenvalue weighted by Gasteiger charge is -2.27. The van der Waals surface area contributed by atoms with Crippen molar-refractivity contribution in [3.05, 3.63) is 59.7 Å². The number of hydrogen-bond donors (Lipinski definition) is 1. The first kappa shape index (κ1) is 16.3. The van der Waals surface area contributed by atoms with Crippen LogP contribution in [0.15, 0.2) is 48.5 Å². The summed E-state index contributed by atoms with van der Waals surface area (Å²) < 4.78 is 5.60. The Balaban J connectivity index is 1.48. The summed E-state index contributed by atoms with van der Waals surface area (Å²) in [6.07, 6.45) is 0. The molecule has 0 saturated carbocycles. The van der Waals surface area contributed by atoms with Crippen LogP contribution in [-0.2, 0) is 16.1 Å². The van der Waals surface area contributed by atoms with E-state index in [4.69, 9.17) is 4.74 Å². The van der Waals surface area contributed by atoms with Gasteiger partial charge in [-0.25, -0.2) is 0 Å². The Morgan fingerprint density at radius 2 is 1.88 bits per heavy atom. The maximum Gasteiger partial charge on any atom is 0.227 e. The number of amides is 1. The summed E-state index contributed by atoms with van der Waals surface area (Å²) >= 11 is 0. The SMILES string of the molecule is Cc1ccccc1-c1ccc(CN2C[C@H]3COC[C@@H](C2)C(=O)N3)cc1. The number of aryl methyl sites for hydroxylation is 1. The lowest BCUT2D eigenvalue weighted by Crippen LogP contribution is -2.41. The highest BCUT2D eigenvalue weighted by Crippen LogP contribution is 2.24. The summed E-state index contributed by atoms with van der Waals surface area (Å²) in [4.78, 5) is 14.5. The molecule has 0 radical (unpaired) electrons. The number of fused-ring (bicyclic) bond motifs is 3.